The zero-order valence-electron chi connectivity index (χ0n) is 7.46. The SMILES string of the molecule is O=C1CCC(c2ccc(O)cc2F)N1. The van der Waals surface area contributed by atoms with E-state index in [1.165, 1.54) is 12.1 Å². The maximum Gasteiger partial charge on any atom is 0.220 e. The Morgan fingerprint density at radius 2 is 2.29 bits per heavy atom. The van der Waals surface area contributed by atoms with Crippen molar-refractivity contribution in [1.29, 1.82) is 0 Å². The van der Waals surface area contributed by atoms with E-state index >= 15 is 0 Å². The summed E-state index contributed by atoms with van der Waals surface area (Å²) in [6.45, 7) is 0. The molecular formula is C10H10FNO2. The maximum atomic E-state index is 13.3. The van der Waals surface area contributed by atoms with Gasteiger partial charge in [0.25, 0.3) is 0 Å². The number of aromatic hydroxyl groups is 1. The van der Waals surface area contributed by atoms with Crippen LogP contribution in [0.3, 0.4) is 0 Å². The molecule has 1 aromatic rings. The van der Waals surface area contributed by atoms with Crippen molar-refractivity contribution in [3.63, 3.8) is 0 Å². The number of hydrogen-bond acceptors (Lipinski definition) is 2. The predicted octanol–water partition coefficient (Wildman–Crippen LogP) is 1.48. The lowest BCUT2D eigenvalue weighted by atomic mass is 10.0. The number of halogens is 1. The van der Waals surface area contributed by atoms with Crippen molar-refractivity contribution in [3.05, 3.63) is 29.6 Å². The standard InChI is InChI=1S/C10H10FNO2/c11-8-5-6(13)1-2-7(8)9-3-4-10(14)12-9/h1-2,5,9,13H,3-4H2,(H,12,14). The zero-order valence-corrected chi connectivity index (χ0v) is 7.46. The molecule has 3 nitrogen and oxygen atoms in total. The average Bonchev–Trinajstić information content (AvgIpc) is 2.51. The Labute approximate surface area is 80.6 Å². The zero-order chi connectivity index (χ0) is 10.1. The first kappa shape index (κ1) is 8.99. The summed E-state index contributed by atoms with van der Waals surface area (Å²) in [4.78, 5) is 10.9. The van der Waals surface area contributed by atoms with Gasteiger partial charge in [-0.15, -0.1) is 0 Å². The number of phenols is 1. The van der Waals surface area contributed by atoms with Gasteiger partial charge in [-0.05, 0) is 12.5 Å². The lowest BCUT2D eigenvalue weighted by molar-refractivity contribution is -0.119. The lowest BCUT2D eigenvalue weighted by Crippen LogP contribution is -2.19. The number of carbonyl (C=O) groups is 1. The molecule has 1 saturated heterocycles. The second-order valence-electron chi connectivity index (χ2n) is 3.36. The second-order valence-corrected chi connectivity index (χ2v) is 3.36. The first-order valence-electron chi connectivity index (χ1n) is 4.44. The summed E-state index contributed by atoms with van der Waals surface area (Å²) in [6, 6.07) is 3.73. The van der Waals surface area contributed by atoms with Crippen LogP contribution >= 0.6 is 0 Å². The highest BCUT2D eigenvalue weighted by molar-refractivity contribution is 5.78. The monoisotopic (exact) mass is 195 g/mol. The van der Waals surface area contributed by atoms with Crippen LogP contribution in [-0.4, -0.2) is 11.0 Å². The molecule has 0 spiro atoms. The number of rotatable bonds is 1. The molecule has 1 atom stereocenters. The first-order valence-corrected chi connectivity index (χ1v) is 4.44. The Kier molecular flexibility index (Phi) is 2.11. The quantitative estimate of drug-likeness (QED) is 0.713. The van der Waals surface area contributed by atoms with Crippen LogP contribution in [0.25, 0.3) is 0 Å². The molecule has 1 aliphatic heterocycles. The van der Waals surface area contributed by atoms with Gasteiger partial charge in [-0.2, -0.15) is 0 Å². The molecule has 1 heterocycles. The van der Waals surface area contributed by atoms with Crippen molar-refractivity contribution in [2.75, 3.05) is 0 Å². The summed E-state index contributed by atoms with van der Waals surface area (Å²) in [5.41, 5.74) is 0.439. The van der Waals surface area contributed by atoms with Gasteiger partial charge in [0.15, 0.2) is 0 Å². The molecule has 74 valence electrons. The van der Waals surface area contributed by atoms with Crippen LogP contribution in [0.4, 0.5) is 4.39 Å². The predicted molar refractivity (Wildman–Crippen MR) is 48.2 cm³/mol. The summed E-state index contributed by atoms with van der Waals surface area (Å²) >= 11 is 0. The number of phenolic OH excluding ortho intramolecular Hbond substituents is 1. The molecule has 2 rings (SSSR count). The molecule has 2 N–H and O–H groups in total. The van der Waals surface area contributed by atoms with E-state index in [4.69, 9.17) is 5.11 Å². The summed E-state index contributed by atoms with van der Waals surface area (Å²) in [7, 11) is 0. The molecule has 0 radical (unpaired) electrons. The number of nitrogens with one attached hydrogen (secondary N) is 1. The lowest BCUT2D eigenvalue weighted by Gasteiger charge is -2.11. The summed E-state index contributed by atoms with van der Waals surface area (Å²) in [6.07, 6.45) is 1.05. The van der Waals surface area contributed by atoms with E-state index in [1.54, 1.807) is 0 Å². The molecule has 0 aliphatic carbocycles. The Morgan fingerprint density at radius 1 is 1.50 bits per heavy atom. The third kappa shape index (κ3) is 1.55. The second kappa shape index (κ2) is 3.29. The third-order valence-corrected chi connectivity index (χ3v) is 2.35. The van der Waals surface area contributed by atoms with Gasteiger partial charge in [-0.25, -0.2) is 4.39 Å². The average molecular weight is 195 g/mol. The van der Waals surface area contributed by atoms with E-state index in [-0.39, 0.29) is 17.7 Å². The molecule has 0 saturated carbocycles. The first-order chi connectivity index (χ1) is 6.66. The molecular weight excluding hydrogens is 185 g/mol. The molecule has 0 aromatic heterocycles. The van der Waals surface area contributed by atoms with Crippen LogP contribution in [0.15, 0.2) is 18.2 Å². The van der Waals surface area contributed by atoms with E-state index in [1.807, 2.05) is 0 Å². The van der Waals surface area contributed by atoms with E-state index < -0.39 is 5.82 Å². The van der Waals surface area contributed by atoms with Crippen molar-refractivity contribution >= 4 is 5.91 Å². The van der Waals surface area contributed by atoms with Crippen LogP contribution in [0.2, 0.25) is 0 Å². The third-order valence-electron chi connectivity index (χ3n) is 2.35. The number of hydrogen-bond donors (Lipinski definition) is 2. The molecule has 1 aliphatic rings. The van der Waals surface area contributed by atoms with Gasteiger partial charge in [0.2, 0.25) is 5.91 Å². The van der Waals surface area contributed by atoms with Crippen LogP contribution in [0.1, 0.15) is 24.4 Å². The fraction of sp³-hybridized carbons (Fsp3) is 0.300. The minimum absolute atomic E-state index is 0.0533. The molecule has 4 heteroatoms. The fourth-order valence-electron chi connectivity index (χ4n) is 1.65. The van der Waals surface area contributed by atoms with Gasteiger partial charge in [-0.3, -0.25) is 4.79 Å². The van der Waals surface area contributed by atoms with E-state index in [0.29, 0.717) is 18.4 Å². The van der Waals surface area contributed by atoms with E-state index in [2.05, 4.69) is 5.32 Å². The van der Waals surface area contributed by atoms with Gasteiger partial charge in [0.05, 0.1) is 6.04 Å². The Morgan fingerprint density at radius 3 is 2.86 bits per heavy atom. The maximum absolute atomic E-state index is 13.3. The van der Waals surface area contributed by atoms with Crippen LogP contribution in [0.5, 0.6) is 5.75 Å². The molecule has 1 amide bonds. The van der Waals surface area contributed by atoms with Gasteiger partial charge < -0.3 is 10.4 Å². The Balaban J connectivity index is 2.28. The molecule has 1 unspecified atom stereocenters. The van der Waals surface area contributed by atoms with Gasteiger partial charge in [-0.1, -0.05) is 6.07 Å². The van der Waals surface area contributed by atoms with Crippen molar-refractivity contribution in [3.8, 4) is 5.75 Å². The summed E-state index contributed by atoms with van der Waals surface area (Å²) < 4.78 is 13.3. The highest BCUT2D eigenvalue weighted by Gasteiger charge is 2.24. The van der Waals surface area contributed by atoms with Crippen molar-refractivity contribution in [1.82, 2.24) is 5.32 Å². The minimum atomic E-state index is -0.475. The topological polar surface area (TPSA) is 49.3 Å². The van der Waals surface area contributed by atoms with Crippen LogP contribution < -0.4 is 5.32 Å². The van der Waals surface area contributed by atoms with Crippen molar-refractivity contribution in [2.45, 2.75) is 18.9 Å². The van der Waals surface area contributed by atoms with Gasteiger partial charge in [0, 0.05) is 18.1 Å². The Hall–Kier alpha value is -1.58. The highest BCUT2D eigenvalue weighted by atomic mass is 19.1. The van der Waals surface area contributed by atoms with Crippen molar-refractivity contribution in [2.24, 2.45) is 0 Å². The fourth-order valence-corrected chi connectivity index (χ4v) is 1.65. The molecule has 0 bridgehead atoms. The smallest absolute Gasteiger partial charge is 0.220 e. The van der Waals surface area contributed by atoms with Crippen molar-refractivity contribution < 1.29 is 14.3 Å². The largest absolute Gasteiger partial charge is 0.508 e. The molecule has 1 aromatic carbocycles. The highest BCUT2D eigenvalue weighted by Crippen LogP contribution is 2.27. The molecule has 1 fully saturated rings. The number of amides is 1. The number of carbonyl (C=O) groups excluding carboxylic acids is 1. The minimum Gasteiger partial charge on any atom is -0.508 e. The summed E-state index contributed by atoms with van der Waals surface area (Å²) in [5, 5.41) is 11.7. The summed E-state index contributed by atoms with van der Waals surface area (Å²) in [5.74, 6) is -0.629. The van der Waals surface area contributed by atoms with E-state index in [0.717, 1.165) is 6.07 Å². The van der Waals surface area contributed by atoms with Crippen LogP contribution in [-0.2, 0) is 4.79 Å². The van der Waals surface area contributed by atoms with E-state index in [9.17, 15) is 9.18 Å². The number of benzene rings is 1. The normalized spacial score (nSPS) is 20.9. The van der Waals surface area contributed by atoms with Gasteiger partial charge in [0.1, 0.15) is 11.6 Å². The van der Waals surface area contributed by atoms with Gasteiger partial charge >= 0.3 is 0 Å². The molecule has 14 heavy (non-hydrogen) atoms. The Bertz CT molecular complexity index is 378. The van der Waals surface area contributed by atoms with Crippen LogP contribution in [0, 0.1) is 5.82 Å².